The van der Waals surface area contributed by atoms with Gasteiger partial charge in [0.15, 0.2) is 5.69 Å². The second-order valence-corrected chi connectivity index (χ2v) is 7.82. The highest BCUT2D eigenvalue weighted by Crippen LogP contribution is 2.33. The van der Waals surface area contributed by atoms with Crippen molar-refractivity contribution in [3.63, 3.8) is 0 Å². The van der Waals surface area contributed by atoms with Gasteiger partial charge in [0.1, 0.15) is 17.2 Å². The third kappa shape index (κ3) is 4.97. The van der Waals surface area contributed by atoms with Crippen molar-refractivity contribution < 1.29 is 14.6 Å². The lowest BCUT2D eigenvalue weighted by Crippen LogP contribution is -2.34. The number of hydrogen-bond donors (Lipinski definition) is 3. The summed E-state index contributed by atoms with van der Waals surface area (Å²) in [7, 11) is 0. The van der Waals surface area contributed by atoms with E-state index in [1.165, 1.54) is 11.3 Å². The van der Waals surface area contributed by atoms with E-state index in [0.29, 0.717) is 0 Å². The number of benzene rings is 2. The number of aliphatic hydroxyl groups is 1. The fraction of sp³-hybridized carbons (Fsp3) is 0.238. The summed E-state index contributed by atoms with van der Waals surface area (Å²) in [6, 6.07) is 20.1. The Morgan fingerprint density at radius 1 is 1.00 bits per heavy atom. The third-order valence-electron chi connectivity index (χ3n) is 4.30. The molecule has 2 unspecified atom stereocenters. The van der Waals surface area contributed by atoms with Crippen LogP contribution in [0.4, 0.5) is 0 Å². The molecular formula is C21H21NO3S3. The van der Waals surface area contributed by atoms with Crippen LogP contribution in [-0.4, -0.2) is 39.8 Å². The maximum Gasteiger partial charge on any atom is 0.358 e. The average molecular weight is 432 g/mol. The fourth-order valence-corrected chi connectivity index (χ4v) is 4.33. The molecule has 0 saturated carbocycles. The fourth-order valence-electron chi connectivity index (χ4n) is 2.84. The minimum Gasteiger partial charge on any atom is -0.454 e. The van der Waals surface area contributed by atoms with Gasteiger partial charge in [-0.05, 0) is 11.1 Å². The molecule has 28 heavy (non-hydrogen) atoms. The maximum absolute atomic E-state index is 12.5. The Morgan fingerprint density at radius 2 is 1.57 bits per heavy atom. The summed E-state index contributed by atoms with van der Waals surface area (Å²) in [6.45, 7) is 0. The number of thiol groups is 2. The standard InChI is InChI=1S/C21H21NO3S3/c23-17(11-26)18(12-27)25-21(24)16-13-28-20(22-16)19(14-7-3-1-4-8-14)15-9-5-2-6-10-15/h1-10,13,17-19,23,26-27H,11-12H2. The van der Waals surface area contributed by atoms with E-state index in [1.54, 1.807) is 5.38 Å². The average Bonchev–Trinajstić information content (AvgIpc) is 3.23. The molecule has 1 aromatic heterocycles. The Bertz CT molecular complexity index is 847. The molecule has 3 rings (SSSR count). The third-order valence-corrected chi connectivity index (χ3v) is 5.94. The minimum atomic E-state index is -0.871. The van der Waals surface area contributed by atoms with Gasteiger partial charge in [0.25, 0.3) is 0 Å². The lowest BCUT2D eigenvalue weighted by atomic mass is 9.92. The molecule has 4 nitrogen and oxygen atoms in total. The maximum atomic E-state index is 12.5. The predicted molar refractivity (Wildman–Crippen MR) is 119 cm³/mol. The summed E-state index contributed by atoms with van der Waals surface area (Å²) in [5.74, 6) is -0.244. The first-order chi connectivity index (χ1) is 13.6. The van der Waals surface area contributed by atoms with Crippen molar-refractivity contribution in [3.8, 4) is 0 Å². The van der Waals surface area contributed by atoms with E-state index >= 15 is 0 Å². The molecule has 0 aliphatic rings. The van der Waals surface area contributed by atoms with Crippen LogP contribution in [0.5, 0.6) is 0 Å². The van der Waals surface area contributed by atoms with Gasteiger partial charge in [-0.25, -0.2) is 9.78 Å². The monoisotopic (exact) mass is 431 g/mol. The van der Waals surface area contributed by atoms with Crippen molar-refractivity contribution in [2.45, 2.75) is 18.1 Å². The zero-order valence-electron chi connectivity index (χ0n) is 15.0. The van der Waals surface area contributed by atoms with Crippen LogP contribution in [-0.2, 0) is 4.74 Å². The first kappa shape index (κ1) is 20.9. The molecule has 1 heterocycles. The van der Waals surface area contributed by atoms with Gasteiger partial charge in [-0.15, -0.1) is 11.3 Å². The molecule has 7 heteroatoms. The number of ether oxygens (including phenoxy) is 1. The number of nitrogens with zero attached hydrogens (tertiary/aromatic N) is 1. The van der Waals surface area contributed by atoms with Crippen LogP contribution < -0.4 is 0 Å². The highest BCUT2D eigenvalue weighted by atomic mass is 32.1. The summed E-state index contributed by atoms with van der Waals surface area (Å²) in [5.41, 5.74) is 2.43. The second kappa shape index (κ2) is 10.1. The van der Waals surface area contributed by atoms with Crippen LogP contribution in [0, 0.1) is 0 Å². The largest absolute Gasteiger partial charge is 0.454 e. The number of carbonyl (C=O) groups is 1. The molecule has 0 saturated heterocycles. The van der Waals surface area contributed by atoms with E-state index < -0.39 is 18.2 Å². The molecule has 0 aliphatic heterocycles. The van der Waals surface area contributed by atoms with Gasteiger partial charge in [0, 0.05) is 16.9 Å². The number of aliphatic hydroxyl groups excluding tert-OH is 1. The Kier molecular flexibility index (Phi) is 7.56. The Hall–Kier alpha value is -1.80. The Balaban J connectivity index is 1.88. The van der Waals surface area contributed by atoms with Crippen molar-refractivity contribution >= 4 is 42.6 Å². The number of aromatic nitrogens is 1. The predicted octanol–water partition coefficient (Wildman–Crippen LogP) is 4.07. The minimum absolute atomic E-state index is 0.0716. The Morgan fingerprint density at radius 3 is 2.07 bits per heavy atom. The van der Waals surface area contributed by atoms with Gasteiger partial charge in [0.05, 0.1) is 5.92 Å². The highest BCUT2D eigenvalue weighted by Gasteiger charge is 2.25. The van der Waals surface area contributed by atoms with Crippen LogP contribution in [0.2, 0.25) is 0 Å². The lowest BCUT2D eigenvalue weighted by Gasteiger charge is -2.19. The molecule has 0 fully saturated rings. The van der Waals surface area contributed by atoms with Crippen LogP contribution in [0.3, 0.4) is 0 Å². The van der Waals surface area contributed by atoms with Crippen LogP contribution in [0.1, 0.15) is 32.5 Å². The number of rotatable bonds is 8. The summed E-state index contributed by atoms with van der Waals surface area (Å²) < 4.78 is 5.37. The zero-order chi connectivity index (χ0) is 19.9. The van der Waals surface area contributed by atoms with Crippen molar-refractivity contribution in [2.24, 2.45) is 0 Å². The topological polar surface area (TPSA) is 59.4 Å². The van der Waals surface area contributed by atoms with Crippen LogP contribution >= 0.6 is 36.6 Å². The first-order valence-corrected chi connectivity index (χ1v) is 10.9. The number of hydrogen-bond acceptors (Lipinski definition) is 7. The van der Waals surface area contributed by atoms with Crippen LogP contribution in [0.25, 0.3) is 0 Å². The summed E-state index contributed by atoms with van der Waals surface area (Å²) in [5, 5.41) is 12.4. The molecule has 0 spiro atoms. The first-order valence-electron chi connectivity index (χ1n) is 8.80. The van der Waals surface area contributed by atoms with Crippen LogP contribution in [0.15, 0.2) is 66.0 Å². The Labute approximate surface area is 179 Å². The normalized spacial score (nSPS) is 13.3. The smallest absolute Gasteiger partial charge is 0.358 e. The van der Waals surface area contributed by atoms with Gasteiger partial charge in [0.2, 0.25) is 0 Å². The number of esters is 1. The quantitative estimate of drug-likeness (QED) is 0.372. The molecule has 0 radical (unpaired) electrons. The summed E-state index contributed by atoms with van der Waals surface area (Å²) in [6.07, 6.45) is -1.60. The number of thiazole rings is 1. The van der Waals surface area contributed by atoms with Gasteiger partial charge in [-0.3, -0.25) is 0 Å². The highest BCUT2D eigenvalue weighted by molar-refractivity contribution is 7.80. The van der Waals surface area contributed by atoms with E-state index in [-0.39, 0.29) is 23.1 Å². The van der Waals surface area contributed by atoms with Crippen molar-refractivity contribution in [2.75, 3.05) is 11.5 Å². The van der Waals surface area contributed by atoms with E-state index in [2.05, 4.69) is 54.5 Å². The van der Waals surface area contributed by atoms with E-state index in [4.69, 9.17) is 4.74 Å². The SMILES string of the molecule is O=C(OC(CS)C(O)CS)c1csc(C(c2ccccc2)c2ccccc2)n1. The van der Waals surface area contributed by atoms with Gasteiger partial charge >= 0.3 is 5.97 Å². The zero-order valence-corrected chi connectivity index (χ0v) is 17.6. The molecule has 2 atom stereocenters. The van der Waals surface area contributed by atoms with Gasteiger partial charge in [-0.1, -0.05) is 60.7 Å². The molecule has 3 aromatic rings. The molecular weight excluding hydrogens is 410 g/mol. The molecule has 146 valence electrons. The lowest BCUT2D eigenvalue weighted by molar-refractivity contribution is -0.00170. The van der Waals surface area contributed by atoms with E-state index in [0.717, 1.165) is 16.1 Å². The van der Waals surface area contributed by atoms with Crippen molar-refractivity contribution in [1.29, 1.82) is 0 Å². The molecule has 0 amide bonds. The van der Waals surface area contributed by atoms with Gasteiger partial charge in [-0.2, -0.15) is 25.3 Å². The van der Waals surface area contributed by atoms with Crippen molar-refractivity contribution in [3.05, 3.63) is 87.9 Å². The molecule has 0 bridgehead atoms. The molecule has 1 N–H and O–H groups in total. The summed E-state index contributed by atoms with van der Waals surface area (Å²) in [4.78, 5) is 17.0. The number of carbonyl (C=O) groups excluding carboxylic acids is 1. The van der Waals surface area contributed by atoms with Crippen molar-refractivity contribution in [1.82, 2.24) is 4.98 Å². The second-order valence-electron chi connectivity index (χ2n) is 6.20. The molecule has 2 aromatic carbocycles. The van der Waals surface area contributed by atoms with Gasteiger partial charge < -0.3 is 9.84 Å². The van der Waals surface area contributed by atoms with E-state index in [9.17, 15) is 9.90 Å². The van der Waals surface area contributed by atoms with E-state index in [1.807, 2.05) is 36.4 Å². The molecule has 0 aliphatic carbocycles. The summed E-state index contributed by atoms with van der Waals surface area (Å²) >= 11 is 9.60.